The Labute approximate surface area is 159 Å². The first-order chi connectivity index (χ1) is 12.9. The van der Waals surface area contributed by atoms with Crippen LogP contribution in [0.15, 0.2) is 47.8 Å². The summed E-state index contributed by atoms with van der Waals surface area (Å²) in [5.74, 6) is -0.921. The summed E-state index contributed by atoms with van der Waals surface area (Å²) in [5.41, 5.74) is 2.82. The molecule has 0 unspecified atom stereocenters. The van der Waals surface area contributed by atoms with E-state index in [1.807, 2.05) is 36.6 Å². The van der Waals surface area contributed by atoms with Gasteiger partial charge in [0.05, 0.1) is 15.6 Å². The summed E-state index contributed by atoms with van der Waals surface area (Å²) >= 11 is 1.61. The molecule has 0 aliphatic heterocycles. The second-order valence-electron chi connectivity index (χ2n) is 5.92. The number of phenols is 1. The number of benzene rings is 2. The molecule has 2 aromatic carbocycles. The van der Waals surface area contributed by atoms with Crippen LogP contribution < -0.4 is 5.32 Å². The van der Waals surface area contributed by atoms with Crippen LogP contribution in [0, 0.1) is 17.0 Å². The number of rotatable bonds is 6. The minimum absolute atomic E-state index is 0.173. The third-order valence-corrected chi connectivity index (χ3v) is 4.78. The second kappa shape index (κ2) is 7.96. The summed E-state index contributed by atoms with van der Waals surface area (Å²) in [6, 6.07) is 11.5. The first-order valence-corrected chi connectivity index (χ1v) is 9.09. The molecule has 0 bridgehead atoms. The molecule has 7 nitrogen and oxygen atoms in total. The number of hydrogen-bond donors (Lipinski definition) is 2. The lowest BCUT2D eigenvalue weighted by atomic mass is 10.1. The van der Waals surface area contributed by atoms with Gasteiger partial charge in [-0.05, 0) is 31.0 Å². The van der Waals surface area contributed by atoms with Gasteiger partial charge in [-0.1, -0.05) is 24.3 Å². The fourth-order valence-electron chi connectivity index (χ4n) is 2.58. The molecule has 0 atom stereocenters. The molecule has 0 saturated heterocycles. The molecule has 1 amide bonds. The van der Waals surface area contributed by atoms with Gasteiger partial charge in [0.25, 0.3) is 5.91 Å². The highest BCUT2D eigenvalue weighted by molar-refractivity contribution is 7.09. The average molecular weight is 383 g/mol. The van der Waals surface area contributed by atoms with Crippen molar-refractivity contribution in [2.24, 2.45) is 0 Å². The van der Waals surface area contributed by atoms with E-state index >= 15 is 0 Å². The Kier molecular flexibility index (Phi) is 5.46. The van der Waals surface area contributed by atoms with E-state index < -0.39 is 22.3 Å². The minimum Gasteiger partial charge on any atom is -0.502 e. The number of nitrogens with one attached hydrogen (secondary N) is 1. The number of aryl methyl sites for hydroxylation is 1. The quantitative estimate of drug-likeness (QED) is 0.499. The molecule has 0 radical (unpaired) electrons. The number of aromatic nitrogens is 1. The Morgan fingerprint density at radius 1 is 1.26 bits per heavy atom. The summed E-state index contributed by atoms with van der Waals surface area (Å²) < 4.78 is 0. The van der Waals surface area contributed by atoms with Crippen molar-refractivity contribution in [1.82, 2.24) is 10.3 Å². The predicted octanol–water partition coefficient (Wildman–Crippen LogP) is 3.70. The largest absolute Gasteiger partial charge is 0.502 e. The highest BCUT2D eigenvalue weighted by atomic mass is 32.1. The van der Waals surface area contributed by atoms with Gasteiger partial charge in [-0.15, -0.1) is 11.3 Å². The Morgan fingerprint density at radius 3 is 2.59 bits per heavy atom. The number of nitro benzene ring substituents is 1. The number of nitro groups is 1. The van der Waals surface area contributed by atoms with Crippen LogP contribution in [0.3, 0.4) is 0 Å². The monoisotopic (exact) mass is 383 g/mol. The zero-order valence-corrected chi connectivity index (χ0v) is 15.3. The maximum atomic E-state index is 12.1. The van der Waals surface area contributed by atoms with Gasteiger partial charge in [-0.2, -0.15) is 0 Å². The summed E-state index contributed by atoms with van der Waals surface area (Å²) in [6.45, 7) is 2.38. The Hall–Kier alpha value is -3.26. The molecule has 3 aromatic rings. The van der Waals surface area contributed by atoms with Gasteiger partial charge in [-0.25, -0.2) is 4.98 Å². The van der Waals surface area contributed by atoms with E-state index in [9.17, 15) is 20.0 Å². The maximum absolute atomic E-state index is 12.1. The SMILES string of the molecule is Cc1nc(-c2ccc(CCNC(=O)c3ccc([N+](=O)[O-])c(O)c3)cc2)cs1. The molecule has 0 aliphatic rings. The highest BCUT2D eigenvalue weighted by Crippen LogP contribution is 2.26. The first kappa shape index (κ1) is 18.5. The number of hydrogen-bond acceptors (Lipinski definition) is 6. The van der Waals surface area contributed by atoms with Crippen LogP contribution in [0.4, 0.5) is 5.69 Å². The molecule has 3 rings (SSSR count). The summed E-state index contributed by atoms with van der Waals surface area (Å²) in [6.07, 6.45) is 0.640. The molecular formula is C19H17N3O4S. The van der Waals surface area contributed by atoms with Crippen molar-refractivity contribution >= 4 is 22.9 Å². The molecule has 1 aromatic heterocycles. The number of amides is 1. The lowest BCUT2D eigenvalue weighted by molar-refractivity contribution is -0.385. The molecule has 0 aliphatic carbocycles. The van der Waals surface area contributed by atoms with Crippen LogP contribution in [0.2, 0.25) is 0 Å². The fourth-order valence-corrected chi connectivity index (χ4v) is 3.20. The standard InChI is InChI=1S/C19H17N3O4S/c1-12-21-16(11-27-12)14-4-2-13(3-5-14)8-9-20-19(24)15-6-7-17(22(25)26)18(23)10-15/h2-7,10-11,23H,8-9H2,1H3,(H,20,24). The van der Waals surface area contributed by atoms with Gasteiger partial charge in [0.15, 0.2) is 5.75 Å². The van der Waals surface area contributed by atoms with Crippen LogP contribution in [-0.2, 0) is 6.42 Å². The van der Waals surface area contributed by atoms with Crippen molar-refractivity contribution < 1.29 is 14.8 Å². The zero-order chi connectivity index (χ0) is 19.4. The van der Waals surface area contributed by atoms with Gasteiger partial charge in [0, 0.05) is 29.1 Å². The lowest BCUT2D eigenvalue weighted by Crippen LogP contribution is -2.25. The van der Waals surface area contributed by atoms with E-state index in [-0.39, 0.29) is 5.56 Å². The Bertz CT molecular complexity index is 983. The Balaban J connectivity index is 1.55. The number of aromatic hydroxyl groups is 1. The first-order valence-electron chi connectivity index (χ1n) is 8.21. The van der Waals surface area contributed by atoms with Crippen LogP contribution in [-0.4, -0.2) is 27.5 Å². The fraction of sp³-hybridized carbons (Fsp3) is 0.158. The minimum atomic E-state index is -0.701. The molecule has 0 fully saturated rings. The summed E-state index contributed by atoms with van der Waals surface area (Å²) in [5, 5.41) is 26.1. The third kappa shape index (κ3) is 4.48. The van der Waals surface area contributed by atoms with Gasteiger partial charge >= 0.3 is 5.69 Å². The molecule has 138 valence electrons. The van der Waals surface area contributed by atoms with Gasteiger partial charge in [0.2, 0.25) is 0 Å². The van der Waals surface area contributed by atoms with E-state index in [4.69, 9.17) is 0 Å². The molecule has 2 N–H and O–H groups in total. The van der Waals surface area contributed by atoms with Gasteiger partial charge < -0.3 is 10.4 Å². The van der Waals surface area contributed by atoms with Crippen molar-refractivity contribution in [3.05, 3.63) is 74.1 Å². The van der Waals surface area contributed by atoms with Gasteiger partial charge in [-0.3, -0.25) is 14.9 Å². The second-order valence-corrected chi connectivity index (χ2v) is 6.98. The van der Waals surface area contributed by atoms with Crippen molar-refractivity contribution in [2.45, 2.75) is 13.3 Å². The summed E-state index contributed by atoms with van der Waals surface area (Å²) in [7, 11) is 0. The van der Waals surface area contributed by atoms with E-state index in [1.54, 1.807) is 11.3 Å². The van der Waals surface area contributed by atoms with Gasteiger partial charge in [0.1, 0.15) is 0 Å². The normalized spacial score (nSPS) is 10.6. The van der Waals surface area contributed by atoms with Crippen LogP contribution >= 0.6 is 11.3 Å². The van der Waals surface area contributed by atoms with Crippen molar-refractivity contribution in [3.8, 4) is 17.0 Å². The average Bonchev–Trinajstić information content (AvgIpc) is 3.08. The zero-order valence-electron chi connectivity index (χ0n) is 14.5. The number of nitrogens with zero attached hydrogens (tertiary/aromatic N) is 2. The molecule has 27 heavy (non-hydrogen) atoms. The Morgan fingerprint density at radius 2 is 2.00 bits per heavy atom. The van der Waals surface area contributed by atoms with Crippen molar-refractivity contribution in [2.75, 3.05) is 6.54 Å². The third-order valence-electron chi connectivity index (χ3n) is 4.00. The molecular weight excluding hydrogens is 366 g/mol. The molecule has 0 spiro atoms. The maximum Gasteiger partial charge on any atom is 0.310 e. The highest BCUT2D eigenvalue weighted by Gasteiger charge is 2.15. The predicted molar refractivity (Wildman–Crippen MR) is 103 cm³/mol. The number of thiazole rings is 1. The number of carbonyl (C=O) groups is 1. The molecule has 8 heteroatoms. The van der Waals surface area contributed by atoms with E-state index in [0.29, 0.717) is 13.0 Å². The van der Waals surface area contributed by atoms with E-state index in [0.717, 1.165) is 34.0 Å². The topological polar surface area (TPSA) is 105 Å². The van der Waals surface area contributed by atoms with Crippen molar-refractivity contribution in [3.63, 3.8) is 0 Å². The van der Waals surface area contributed by atoms with Crippen LogP contribution in [0.5, 0.6) is 5.75 Å². The summed E-state index contributed by atoms with van der Waals surface area (Å²) in [4.78, 5) is 26.6. The van der Waals surface area contributed by atoms with E-state index in [1.165, 1.54) is 6.07 Å². The van der Waals surface area contributed by atoms with E-state index in [2.05, 4.69) is 10.3 Å². The van der Waals surface area contributed by atoms with Crippen LogP contribution in [0.25, 0.3) is 11.3 Å². The number of phenolic OH excluding ortho intramolecular Hbond substituents is 1. The van der Waals surface area contributed by atoms with Crippen molar-refractivity contribution in [1.29, 1.82) is 0 Å². The lowest BCUT2D eigenvalue weighted by Gasteiger charge is -2.07. The van der Waals surface area contributed by atoms with Crippen LogP contribution in [0.1, 0.15) is 20.9 Å². The smallest absolute Gasteiger partial charge is 0.310 e. The number of carbonyl (C=O) groups excluding carboxylic acids is 1. The molecule has 1 heterocycles. The molecule has 0 saturated carbocycles.